The van der Waals surface area contributed by atoms with Gasteiger partial charge in [-0.15, -0.1) is 0 Å². The van der Waals surface area contributed by atoms with Gasteiger partial charge in [0.25, 0.3) is 0 Å². The molecule has 0 spiro atoms. The molecule has 2 aromatic carbocycles. The molecular formula is C28H33N5O3. The number of nitrogens with one attached hydrogen (secondary N) is 1. The van der Waals surface area contributed by atoms with Crippen LogP contribution in [0.15, 0.2) is 55.0 Å². The lowest BCUT2D eigenvalue weighted by Gasteiger charge is -2.33. The van der Waals surface area contributed by atoms with Crippen molar-refractivity contribution in [3.05, 3.63) is 66.4 Å². The summed E-state index contributed by atoms with van der Waals surface area (Å²) in [5, 5.41) is 1.17. The molecule has 1 saturated heterocycles. The molecule has 8 nitrogen and oxygen atoms in total. The lowest BCUT2D eigenvalue weighted by atomic mass is 9.93. The number of carbonyl (C=O) groups excluding carboxylic acids is 1. The molecule has 0 aliphatic carbocycles. The third kappa shape index (κ3) is 4.81. The molecule has 4 aromatic rings. The van der Waals surface area contributed by atoms with Crippen molar-refractivity contribution in [1.29, 1.82) is 0 Å². The number of carbonyl (C=O) groups is 1. The van der Waals surface area contributed by atoms with Gasteiger partial charge in [-0.25, -0.2) is 4.98 Å². The predicted molar refractivity (Wildman–Crippen MR) is 140 cm³/mol. The van der Waals surface area contributed by atoms with Crippen molar-refractivity contribution < 1.29 is 14.3 Å². The van der Waals surface area contributed by atoms with Gasteiger partial charge in [-0.2, -0.15) is 0 Å². The fourth-order valence-corrected chi connectivity index (χ4v) is 5.10. The summed E-state index contributed by atoms with van der Waals surface area (Å²) in [6, 6.07) is 14.1. The molecule has 1 fully saturated rings. The first kappa shape index (κ1) is 23.9. The smallest absolute Gasteiger partial charge is 0.239 e. The Hall–Kier alpha value is -3.78. The minimum Gasteiger partial charge on any atom is -0.493 e. The molecule has 1 aliphatic heterocycles. The Labute approximate surface area is 211 Å². The molecule has 1 amide bonds. The van der Waals surface area contributed by atoms with Crippen molar-refractivity contribution in [3.8, 4) is 22.6 Å². The number of benzene rings is 2. The zero-order valence-electron chi connectivity index (χ0n) is 21.0. The van der Waals surface area contributed by atoms with Crippen molar-refractivity contribution in [3.63, 3.8) is 0 Å². The summed E-state index contributed by atoms with van der Waals surface area (Å²) in [4.78, 5) is 22.7. The van der Waals surface area contributed by atoms with Crippen LogP contribution in [0.2, 0.25) is 0 Å². The number of H-pyrrole nitrogens is 1. The monoisotopic (exact) mass is 487 g/mol. The van der Waals surface area contributed by atoms with E-state index in [1.165, 1.54) is 11.1 Å². The van der Waals surface area contributed by atoms with E-state index >= 15 is 0 Å². The zero-order chi connectivity index (χ0) is 25.2. The van der Waals surface area contributed by atoms with Gasteiger partial charge in [0.15, 0.2) is 11.5 Å². The molecule has 3 N–H and O–H groups in total. The highest BCUT2D eigenvalue weighted by molar-refractivity contribution is 5.86. The number of likely N-dealkylation sites (tertiary alicyclic amines) is 1. The van der Waals surface area contributed by atoms with Crippen LogP contribution < -0.4 is 15.2 Å². The fraction of sp³-hybridized carbons (Fsp3) is 0.357. The van der Waals surface area contributed by atoms with Crippen molar-refractivity contribution in [2.45, 2.75) is 31.2 Å². The first-order valence-corrected chi connectivity index (χ1v) is 12.3. The average Bonchev–Trinajstić information content (AvgIpc) is 3.53. The van der Waals surface area contributed by atoms with E-state index in [2.05, 4.69) is 34.2 Å². The maximum Gasteiger partial charge on any atom is 0.239 e. The number of hydrogen-bond donors (Lipinski definition) is 2. The number of aryl methyl sites for hydroxylation is 1. The van der Waals surface area contributed by atoms with Crippen molar-refractivity contribution in [2.75, 3.05) is 27.3 Å². The van der Waals surface area contributed by atoms with E-state index < -0.39 is 6.04 Å². The van der Waals surface area contributed by atoms with Gasteiger partial charge in [0.1, 0.15) is 0 Å². The maximum absolute atomic E-state index is 12.9. The predicted octanol–water partition coefficient (Wildman–Crippen LogP) is 3.86. The van der Waals surface area contributed by atoms with Gasteiger partial charge < -0.3 is 29.7 Å². The number of aromatic amines is 1. The molecule has 188 valence electrons. The highest BCUT2D eigenvalue weighted by Gasteiger charge is 2.28. The Morgan fingerprint density at radius 2 is 1.81 bits per heavy atom. The minimum atomic E-state index is -0.556. The Morgan fingerprint density at radius 1 is 1.08 bits per heavy atom. The van der Waals surface area contributed by atoms with Crippen LogP contribution in [-0.2, 0) is 18.3 Å². The largest absolute Gasteiger partial charge is 0.493 e. The average molecular weight is 488 g/mol. The number of nitrogens with two attached hydrogens (primary N) is 1. The van der Waals surface area contributed by atoms with Crippen LogP contribution in [0.5, 0.6) is 11.5 Å². The van der Waals surface area contributed by atoms with E-state index in [4.69, 9.17) is 15.2 Å². The number of aromatic nitrogens is 3. The van der Waals surface area contributed by atoms with E-state index in [0.29, 0.717) is 36.9 Å². The van der Waals surface area contributed by atoms with Crippen molar-refractivity contribution in [1.82, 2.24) is 19.4 Å². The molecular weight excluding hydrogens is 454 g/mol. The second kappa shape index (κ2) is 10.1. The highest BCUT2D eigenvalue weighted by atomic mass is 16.5. The van der Waals surface area contributed by atoms with Crippen LogP contribution >= 0.6 is 0 Å². The first-order valence-electron chi connectivity index (χ1n) is 12.3. The molecule has 2 aromatic heterocycles. The Bertz CT molecular complexity index is 1370. The summed E-state index contributed by atoms with van der Waals surface area (Å²) >= 11 is 0. The number of hydrogen-bond acceptors (Lipinski definition) is 5. The third-order valence-electron chi connectivity index (χ3n) is 7.11. The SMILES string of the molecule is COc1ccc(-c2ccc3[nH]c(C4CCN(C(=O)[C@@H](N)Cc5cn(C)cn5)CC4)cc3c2)cc1OC. The standard InChI is InChI=1S/C28H33N5O3/c1-32-16-22(30-17-32)15-23(29)28(34)33-10-8-18(9-11-33)25-13-21-12-19(4-6-24(21)31-25)20-5-7-26(35-2)27(14-20)36-3/h4-7,12-14,16-18,23,31H,8-11,15,29H2,1-3H3/t23-/m0/s1. The summed E-state index contributed by atoms with van der Waals surface area (Å²) in [5.41, 5.74) is 11.6. The third-order valence-corrected chi connectivity index (χ3v) is 7.11. The summed E-state index contributed by atoms with van der Waals surface area (Å²) in [6.07, 6.45) is 5.93. The summed E-state index contributed by atoms with van der Waals surface area (Å²) < 4.78 is 12.7. The van der Waals surface area contributed by atoms with Crippen LogP contribution in [0.25, 0.3) is 22.0 Å². The number of fused-ring (bicyclic) bond motifs is 1. The molecule has 0 radical (unpaired) electrons. The maximum atomic E-state index is 12.9. The van der Waals surface area contributed by atoms with E-state index in [0.717, 1.165) is 35.2 Å². The van der Waals surface area contributed by atoms with Gasteiger partial charge in [-0.05, 0) is 54.3 Å². The number of nitrogens with zero attached hydrogens (tertiary/aromatic N) is 3. The van der Waals surface area contributed by atoms with Gasteiger partial charge in [0.05, 0.1) is 32.3 Å². The number of rotatable bonds is 7. The van der Waals surface area contributed by atoms with E-state index in [9.17, 15) is 4.79 Å². The number of methoxy groups -OCH3 is 2. The number of ether oxygens (including phenoxy) is 2. The second-order valence-electron chi connectivity index (χ2n) is 9.54. The summed E-state index contributed by atoms with van der Waals surface area (Å²) in [6.45, 7) is 1.43. The molecule has 0 saturated carbocycles. The van der Waals surface area contributed by atoms with Gasteiger partial charge >= 0.3 is 0 Å². The van der Waals surface area contributed by atoms with Crippen LogP contribution in [0.4, 0.5) is 0 Å². The van der Waals surface area contributed by atoms with Crippen LogP contribution in [0, 0.1) is 0 Å². The van der Waals surface area contributed by atoms with E-state index in [1.807, 2.05) is 40.9 Å². The number of piperidine rings is 1. The molecule has 8 heteroatoms. The van der Waals surface area contributed by atoms with E-state index in [1.54, 1.807) is 20.5 Å². The fourth-order valence-electron chi connectivity index (χ4n) is 5.10. The lowest BCUT2D eigenvalue weighted by molar-refractivity contribution is -0.133. The Balaban J connectivity index is 1.25. The molecule has 1 aliphatic rings. The molecule has 3 heterocycles. The van der Waals surface area contributed by atoms with Gasteiger partial charge in [0.2, 0.25) is 5.91 Å². The molecule has 0 unspecified atom stereocenters. The molecule has 0 bridgehead atoms. The Morgan fingerprint density at radius 3 is 2.50 bits per heavy atom. The summed E-state index contributed by atoms with van der Waals surface area (Å²) in [5.74, 6) is 1.83. The summed E-state index contributed by atoms with van der Waals surface area (Å²) in [7, 11) is 5.20. The molecule has 5 rings (SSSR count). The normalized spacial score (nSPS) is 15.3. The van der Waals surface area contributed by atoms with Crippen LogP contribution in [-0.4, -0.2) is 58.7 Å². The van der Waals surface area contributed by atoms with Crippen molar-refractivity contribution in [2.24, 2.45) is 12.8 Å². The Kier molecular flexibility index (Phi) is 6.69. The second-order valence-corrected chi connectivity index (χ2v) is 9.54. The minimum absolute atomic E-state index is 0.00955. The first-order chi connectivity index (χ1) is 17.4. The van der Waals surface area contributed by atoms with Gasteiger partial charge in [0, 0.05) is 55.3 Å². The van der Waals surface area contributed by atoms with Gasteiger partial charge in [-0.3, -0.25) is 4.79 Å². The lowest BCUT2D eigenvalue weighted by Crippen LogP contribution is -2.47. The zero-order valence-corrected chi connectivity index (χ0v) is 21.0. The highest BCUT2D eigenvalue weighted by Crippen LogP contribution is 2.35. The number of amides is 1. The topological polar surface area (TPSA) is 98.4 Å². The quantitative estimate of drug-likeness (QED) is 0.413. The number of imidazole rings is 1. The molecule has 36 heavy (non-hydrogen) atoms. The van der Waals surface area contributed by atoms with Crippen LogP contribution in [0.1, 0.15) is 30.1 Å². The van der Waals surface area contributed by atoms with Gasteiger partial charge in [-0.1, -0.05) is 12.1 Å². The van der Waals surface area contributed by atoms with E-state index in [-0.39, 0.29) is 5.91 Å². The molecule has 1 atom stereocenters. The van der Waals surface area contributed by atoms with Crippen LogP contribution in [0.3, 0.4) is 0 Å². The van der Waals surface area contributed by atoms with Crippen molar-refractivity contribution >= 4 is 16.8 Å².